The Bertz CT molecular complexity index is 489. The van der Waals surface area contributed by atoms with Crippen LogP contribution in [0.5, 0.6) is 0 Å². The molecule has 0 spiro atoms. The third-order valence-electron chi connectivity index (χ3n) is 4.43. The van der Waals surface area contributed by atoms with Gasteiger partial charge < -0.3 is 19.9 Å². The van der Waals surface area contributed by atoms with Crippen LogP contribution in [0.2, 0.25) is 0 Å². The number of aliphatic imine (C=N–C) groups is 1. The van der Waals surface area contributed by atoms with E-state index in [0.29, 0.717) is 6.10 Å². The van der Waals surface area contributed by atoms with E-state index in [1.54, 1.807) is 0 Å². The van der Waals surface area contributed by atoms with E-state index in [0.717, 1.165) is 58.1 Å². The highest BCUT2D eigenvalue weighted by molar-refractivity contribution is 14.0. The van der Waals surface area contributed by atoms with Crippen LogP contribution < -0.4 is 5.32 Å². The normalized spacial score (nSPS) is 16.0. The number of hydrogen-bond acceptors (Lipinski definition) is 3. The topological polar surface area (TPSA) is 40.1 Å². The van der Waals surface area contributed by atoms with Crippen LogP contribution in [0.3, 0.4) is 0 Å². The largest absolute Gasteiger partial charge is 0.378 e. The summed E-state index contributed by atoms with van der Waals surface area (Å²) in [5.74, 6) is 1.01. The number of ether oxygens (including phenoxy) is 1. The highest BCUT2D eigenvalue weighted by Crippen LogP contribution is 2.13. The van der Waals surface area contributed by atoms with Crippen LogP contribution in [0.1, 0.15) is 25.3 Å². The molecule has 6 heteroatoms. The Morgan fingerprint density at radius 1 is 1.28 bits per heavy atom. The number of guanidine groups is 1. The molecule has 0 radical (unpaired) electrons. The van der Waals surface area contributed by atoms with Crippen LogP contribution >= 0.6 is 24.0 Å². The molecule has 0 aromatic heterocycles. The van der Waals surface area contributed by atoms with E-state index in [4.69, 9.17) is 4.74 Å². The molecule has 0 amide bonds. The van der Waals surface area contributed by atoms with Crippen LogP contribution in [-0.2, 0) is 11.3 Å². The second kappa shape index (κ2) is 12.5. The van der Waals surface area contributed by atoms with Crippen LogP contribution in [-0.4, -0.2) is 68.7 Å². The molecule has 25 heavy (non-hydrogen) atoms. The number of rotatable bonds is 7. The predicted molar refractivity (Wildman–Crippen MR) is 116 cm³/mol. The van der Waals surface area contributed by atoms with E-state index in [2.05, 4.69) is 64.4 Å². The molecule has 2 rings (SSSR count). The molecular weight excluding hydrogens is 427 g/mol. The number of piperidine rings is 1. The molecule has 0 bridgehead atoms. The second-order valence-corrected chi connectivity index (χ2v) is 6.34. The van der Waals surface area contributed by atoms with Crippen molar-refractivity contribution >= 4 is 29.9 Å². The number of likely N-dealkylation sites (N-methyl/N-ethyl adjacent to an activating group) is 1. The van der Waals surface area contributed by atoms with Gasteiger partial charge in [-0.3, -0.25) is 4.99 Å². The zero-order valence-corrected chi connectivity index (χ0v) is 18.1. The van der Waals surface area contributed by atoms with Gasteiger partial charge in [0.25, 0.3) is 0 Å². The number of likely N-dealkylation sites (tertiary alicyclic amines) is 1. The summed E-state index contributed by atoms with van der Waals surface area (Å²) in [5, 5.41) is 3.50. The fraction of sp³-hybridized carbons (Fsp3) is 0.632. The van der Waals surface area contributed by atoms with Crippen molar-refractivity contribution in [2.75, 3.05) is 46.9 Å². The van der Waals surface area contributed by atoms with Gasteiger partial charge in [-0.15, -0.1) is 24.0 Å². The van der Waals surface area contributed by atoms with Crippen LogP contribution in [0.4, 0.5) is 0 Å². The standard InChI is InChI=1S/C19H32N4O.HI/c1-4-24-18-10-13-23(14-11-18)19(20-2)21-12-15-22(3)16-17-8-6-5-7-9-17;/h5-9,18H,4,10-16H2,1-3H3,(H,20,21);1H. The van der Waals surface area contributed by atoms with Gasteiger partial charge >= 0.3 is 0 Å². The molecule has 0 atom stereocenters. The Balaban J connectivity index is 0.00000312. The summed E-state index contributed by atoms with van der Waals surface area (Å²) in [4.78, 5) is 9.11. The molecule has 0 aliphatic carbocycles. The van der Waals surface area contributed by atoms with E-state index in [1.165, 1.54) is 5.56 Å². The number of hydrogen-bond donors (Lipinski definition) is 1. The molecule has 1 aromatic carbocycles. The fourth-order valence-corrected chi connectivity index (χ4v) is 3.13. The van der Waals surface area contributed by atoms with Crippen LogP contribution in [0.15, 0.2) is 35.3 Å². The van der Waals surface area contributed by atoms with Gasteiger partial charge in [0.15, 0.2) is 5.96 Å². The number of nitrogens with one attached hydrogen (secondary N) is 1. The van der Waals surface area contributed by atoms with Gasteiger partial charge in [0.05, 0.1) is 6.10 Å². The minimum atomic E-state index is 0. The van der Waals surface area contributed by atoms with Crippen molar-refractivity contribution in [2.45, 2.75) is 32.4 Å². The van der Waals surface area contributed by atoms with Gasteiger partial charge in [-0.25, -0.2) is 0 Å². The monoisotopic (exact) mass is 460 g/mol. The summed E-state index contributed by atoms with van der Waals surface area (Å²) >= 11 is 0. The van der Waals surface area contributed by atoms with Gasteiger partial charge in [-0.1, -0.05) is 30.3 Å². The minimum absolute atomic E-state index is 0. The lowest BCUT2D eigenvalue weighted by molar-refractivity contribution is 0.0263. The molecule has 1 N–H and O–H groups in total. The van der Waals surface area contributed by atoms with E-state index in [-0.39, 0.29) is 24.0 Å². The Hall–Kier alpha value is -0.860. The molecule has 1 aliphatic heterocycles. The molecule has 1 saturated heterocycles. The van der Waals surface area contributed by atoms with Crippen molar-refractivity contribution in [3.05, 3.63) is 35.9 Å². The van der Waals surface area contributed by atoms with Crippen molar-refractivity contribution in [1.82, 2.24) is 15.1 Å². The van der Waals surface area contributed by atoms with Crippen molar-refractivity contribution < 1.29 is 4.74 Å². The van der Waals surface area contributed by atoms with Gasteiger partial charge in [-0.05, 0) is 32.4 Å². The third kappa shape index (κ3) is 7.92. The maximum atomic E-state index is 5.72. The van der Waals surface area contributed by atoms with Gasteiger partial charge in [0, 0.05) is 46.4 Å². The maximum Gasteiger partial charge on any atom is 0.193 e. The van der Waals surface area contributed by atoms with E-state index < -0.39 is 0 Å². The minimum Gasteiger partial charge on any atom is -0.378 e. The van der Waals surface area contributed by atoms with E-state index >= 15 is 0 Å². The quantitative estimate of drug-likeness (QED) is 0.386. The zero-order chi connectivity index (χ0) is 17.2. The smallest absolute Gasteiger partial charge is 0.193 e. The molecule has 1 fully saturated rings. The molecule has 5 nitrogen and oxygen atoms in total. The first-order valence-electron chi connectivity index (χ1n) is 9.02. The first-order valence-corrected chi connectivity index (χ1v) is 9.02. The van der Waals surface area contributed by atoms with Gasteiger partial charge in [0.2, 0.25) is 0 Å². The zero-order valence-electron chi connectivity index (χ0n) is 15.8. The lowest BCUT2D eigenvalue weighted by atomic mass is 10.1. The lowest BCUT2D eigenvalue weighted by Crippen LogP contribution is -2.48. The molecule has 1 aliphatic rings. The van der Waals surface area contributed by atoms with Crippen molar-refractivity contribution in [3.63, 3.8) is 0 Å². The highest BCUT2D eigenvalue weighted by atomic mass is 127. The molecule has 1 heterocycles. The SMILES string of the molecule is CCOC1CCN(C(=NC)NCCN(C)Cc2ccccc2)CC1.I. The fourth-order valence-electron chi connectivity index (χ4n) is 3.13. The first kappa shape index (κ1) is 22.2. The summed E-state index contributed by atoms with van der Waals surface area (Å²) in [5.41, 5.74) is 1.35. The first-order chi connectivity index (χ1) is 11.7. The molecule has 142 valence electrons. The Labute approximate surface area is 169 Å². The van der Waals surface area contributed by atoms with Crippen molar-refractivity contribution in [3.8, 4) is 0 Å². The Morgan fingerprint density at radius 3 is 2.56 bits per heavy atom. The van der Waals surface area contributed by atoms with Crippen LogP contribution in [0, 0.1) is 0 Å². The molecule has 1 aromatic rings. The van der Waals surface area contributed by atoms with E-state index in [9.17, 15) is 0 Å². The summed E-state index contributed by atoms with van der Waals surface area (Å²) in [7, 11) is 4.02. The highest BCUT2D eigenvalue weighted by Gasteiger charge is 2.21. The average molecular weight is 460 g/mol. The Morgan fingerprint density at radius 2 is 1.96 bits per heavy atom. The van der Waals surface area contributed by atoms with Crippen molar-refractivity contribution in [1.29, 1.82) is 0 Å². The average Bonchev–Trinajstić information content (AvgIpc) is 2.61. The van der Waals surface area contributed by atoms with Gasteiger partial charge in [-0.2, -0.15) is 0 Å². The number of nitrogens with zero attached hydrogens (tertiary/aromatic N) is 3. The van der Waals surface area contributed by atoms with Crippen LogP contribution in [0.25, 0.3) is 0 Å². The summed E-state index contributed by atoms with van der Waals surface area (Å²) < 4.78 is 5.72. The Kier molecular flexibility index (Phi) is 11.1. The van der Waals surface area contributed by atoms with E-state index in [1.807, 2.05) is 7.05 Å². The molecular formula is C19H33IN4O. The number of benzene rings is 1. The lowest BCUT2D eigenvalue weighted by Gasteiger charge is -2.34. The van der Waals surface area contributed by atoms with Crippen molar-refractivity contribution in [2.24, 2.45) is 4.99 Å². The predicted octanol–water partition coefficient (Wildman–Crippen LogP) is 2.81. The molecule has 0 unspecified atom stereocenters. The maximum absolute atomic E-state index is 5.72. The second-order valence-electron chi connectivity index (χ2n) is 6.34. The molecule has 0 saturated carbocycles. The summed E-state index contributed by atoms with van der Waals surface area (Å²) in [6.07, 6.45) is 2.59. The third-order valence-corrected chi connectivity index (χ3v) is 4.43. The summed E-state index contributed by atoms with van der Waals surface area (Å²) in [6, 6.07) is 10.6. The number of halogens is 1. The van der Waals surface area contributed by atoms with Gasteiger partial charge in [0.1, 0.15) is 0 Å². The summed E-state index contributed by atoms with van der Waals surface area (Å²) in [6.45, 7) is 7.78.